The van der Waals surface area contributed by atoms with E-state index in [2.05, 4.69) is 9.24 Å². The molecule has 3 atom stereocenters. The molecule has 0 aliphatic heterocycles. The first kappa shape index (κ1) is 10.6. The van der Waals surface area contributed by atoms with E-state index in [-0.39, 0.29) is 5.78 Å². The minimum absolute atomic E-state index is 0.0578. The first-order valence-corrected chi connectivity index (χ1v) is 4.94. The predicted octanol–water partition coefficient (Wildman–Crippen LogP) is 1.48. The van der Waals surface area contributed by atoms with Gasteiger partial charge >= 0.3 is 0 Å². The van der Waals surface area contributed by atoms with Crippen LogP contribution in [0.25, 0.3) is 0 Å². The van der Waals surface area contributed by atoms with E-state index in [9.17, 15) is 5.11 Å². The van der Waals surface area contributed by atoms with Crippen molar-refractivity contribution >= 4 is 9.24 Å². The molecule has 2 nitrogen and oxygen atoms in total. The van der Waals surface area contributed by atoms with Crippen molar-refractivity contribution in [1.29, 1.82) is 0 Å². The van der Waals surface area contributed by atoms with Gasteiger partial charge in [0, 0.05) is 0 Å². The highest BCUT2D eigenvalue weighted by Gasteiger charge is 2.17. The lowest BCUT2D eigenvalue weighted by Gasteiger charge is -2.25. The molecule has 1 N–H and O–H groups in total. The topological polar surface area (TPSA) is 23.5 Å². The van der Waals surface area contributed by atoms with Crippen molar-refractivity contribution in [2.45, 2.75) is 11.9 Å². The summed E-state index contributed by atoms with van der Waals surface area (Å²) in [6.07, 6.45) is -0.443. The molecule has 0 amide bonds. The Morgan fingerprint density at radius 3 is 2.23 bits per heavy atom. The van der Waals surface area contributed by atoms with Gasteiger partial charge in [-0.3, -0.25) is 0 Å². The zero-order chi connectivity index (χ0) is 9.84. The molecule has 1 rings (SSSR count). The van der Waals surface area contributed by atoms with Gasteiger partial charge in [0.1, 0.15) is 0 Å². The van der Waals surface area contributed by atoms with Crippen LogP contribution < -0.4 is 0 Å². The van der Waals surface area contributed by atoms with Crippen LogP contribution in [0.15, 0.2) is 30.3 Å². The first-order chi connectivity index (χ1) is 6.13. The van der Waals surface area contributed by atoms with Crippen LogP contribution in [0.3, 0.4) is 0 Å². The number of hydrogen-bond acceptors (Lipinski definition) is 2. The van der Waals surface area contributed by atoms with Gasteiger partial charge < -0.3 is 10.0 Å². The molecule has 0 aliphatic carbocycles. The van der Waals surface area contributed by atoms with Gasteiger partial charge in [0.05, 0.1) is 11.9 Å². The fourth-order valence-corrected chi connectivity index (χ4v) is 1.35. The highest BCUT2D eigenvalue weighted by molar-refractivity contribution is 7.17. The minimum Gasteiger partial charge on any atom is -0.386 e. The van der Waals surface area contributed by atoms with Crippen molar-refractivity contribution in [1.82, 2.24) is 4.90 Å². The number of hydrogen-bond donors (Lipinski definition) is 1. The number of nitrogens with zero attached hydrogens (tertiary/aromatic N) is 1. The summed E-state index contributed by atoms with van der Waals surface area (Å²) < 4.78 is 0. The lowest BCUT2D eigenvalue weighted by molar-refractivity contribution is 0.120. The maximum Gasteiger partial charge on any atom is 0.0979 e. The second kappa shape index (κ2) is 4.71. The molecule has 0 radical (unpaired) electrons. The Morgan fingerprint density at radius 1 is 1.23 bits per heavy atom. The third-order valence-corrected chi connectivity index (χ3v) is 3.02. The van der Waals surface area contributed by atoms with Crippen molar-refractivity contribution in [3.8, 4) is 0 Å². The van der Waals surface area contributed by atoms with E-state index in [1.54, 1.807) is 0 Å². The summed E-state index contributed by atoms with van der Waals surface area (Å²) in [5.74, 6) is 0.0578. The molecule has 1 unspecified atom stereocenters. The molecule has 0 bridgehead atoms. The van der Waals surface area contributed by atoms with Gasteiger partial charge in [0.25, 0.3) is 0 Å². The van der Waals surface area contributed by atoms with Gasteiger partial charge in [-0.2, -0.15) is 0 Å². The normalized spacial score (nSPS) is 15.8. The van der Waals surface area contributed by atoms with Crippen molar-refractivity contribution in [3.05, 3.63) is 35.9 Å². The molecule has 1 aromatic rings. The summed E-state index contributed by atoms with van der Waals surface area (Å²) in [4.78, 5) is 1.97. The number of likely N-dealkylation sites (N-methyl/N-ethyl adjacent to an activating group) is 1. The SMILES string of the molecule is CN(C)[C@H](P)[C@@H](O)c1ccccc1. The summed E-state index contributed by atoms with van der Waals surface area (Å²) in [5, 5.41) is 9.90. The lowest BCUT2D eigenvalue weighted by atomic mass is 10.1. The van der Waals surface area contributed by atoms with E-state index in [0.29, 0.717) is 0 Å². The molecule has 0 saturated carbocycles. The Morgan fingerprint density at radius 2 is 1.77 bits per heavy atom. The average Bonchev–Trinajstić information content (AvgIpc) is 2.17. The monoisotopic (exact) mass is 197 g/mol. The Bertz CT molecular complexity index is 250. The van der Waals surface area contributed by atoms with Crippen molar-refractivity contribution < 1.29 is 5.11 Å². The van der Waals surface area contributed by atoms with Crippen molar-refractivity contribution in [2.75, 3.05) is 14.1 Å². The standard InChI is InChI=1S/C10H16NOP/c1-11(2)10(13)9(12)8-6-4-3-5-7-8/h3-7,9-10,12H,13H2,1-2H3/t9-,10+/m0/s1. The molecule has 1 aromatic carbocycles. The quantitative estimate of drug-likeness (QED) is 0.742. The molecular weight excluding hydrogens is 181 g/mol. The van der Waals surface area contributed by atoms with Crippen LogP contribution in [0.4, 0.5) is 0 Å². The minimum atomic E-state index is -0.443. The highest BCUT2D eigenvalue weighted by atomic mass is 31.0. The molecular formula is C10H16NOP. The Balaban J connectivity index is 2.73. The van der Waals surface area contributed by atoms with E-state index < -0.39 is 6.10 Å². The van der Waals surface area contributed by atoms with Gasteiger partial charge in [0.2, 0.25) is 0 Å². The van der Waals surface area contributed by atoms with Crippen LogP contribution in [0.5, 0.6) is 0 Å². The zero-order valence-electron chi connectivity index (χ0n) is 8.01. The van der Waals surface area contributed by atoms with E-state index >= 15 is 0 Å². The van der Waals surface area contributed by atoms with Crippen LogP contribution in [-0.4, -0.2) is 29.9 Å². The number of aliphatic hydroxyl groups is 1. The van der Waals surface area contributed by atoms with E-state index in [1.165, 1.54) is 0 Å². The molecule has 72 valence electrons. The lowest BCUT2D eigenvalue weighted by Crippen LogP contribution is -2.28. The Labute approximate surface area is 81.8 Å². The second-order valence-corrected chi connectivity index (χ2v) is 3.99. The van der Waals surface area contributed by atoms with E-state index in [0.717, 1.165) is 5.56 Å². The third-order valence-electron chi connectivity index (χ3n) is 2.06. The van der Waals surface area contributed by atoms with Gasteiger partial charge in [-0.1, -0.05) is 30.3 Å². The second-order valence-electron chi connectivity index (χ2n) is 3.31. The molecule has 13 heavy (non-hydrogen) atoms. The third kappa shape index (κ3) is 2.77. The zero-order valence-corrected chi connectivity index (χ0v) is 9.17. The fraction of sp³-hybridized carbons (Fsp3) is 0.400. The van der Waals surface area contributed by atoms with E-state index in [1.807, 2.05) is 49.3 Å². The first-order valence-electron chi connectivity index (χ1n) is 4.28. The van der Waals surface area contributed by atoms with Crippen LogP contribution in [0, 0.1) is 0 Å². The smallest absolute Gasteiger partial charge is 0.0979 e. The summed E-state index contributed by atoms with van der Waals surface area (Å²) in [6.45, 7) is 0. The maximum atomic E-state index is 9.90. The Kier molecular flexibility index (Phi) is 3.86. The van der Waals surface area contributed by atoms with Crippen LogP contribution in [-0.2, 0) is 0 Å². The van der Waals surface area contributed by atoms with Crippen LogP contribution >= 0.6 is 9.24 Å². The summed E-state index contributed by atoms with van der Waals surface area (Å²) in [6, 6.07) is 9.69. The van der Waals surface area contributed by atoms with E-state index in [4.69, 9.17) is 0 Å². The molecule has 0 heterocycles. The summed E-state index contributed by atoms with van der Waals surface area (Å²) in [7, 11) is 6.53. The van der Waals surface area contributed by atoms with Crippen LogP contribution in [0.1, 0.15) is 11.7 Å². The maximum absolute atomic E-state index is 9.90. The molecule has 0 fully saturated rings. The Hall–Kier alpha value is -0.430. The van der Waals surface area contributed by atoms with Crippen molar-refractivity contribution in [2.24, 2.45) is 0 Å². The average molecular weight is 197 g/mol. The molecule has 0 aromatic heterocycles. The van der Waals surface area contributed by atoms with Gasteiger partial charge in [0.15, 0.2) is 0 Å². The predicted molar refractivity (Wildman–Crippen MR) is 58.6 cm³/mol. The highest BCUT2D eigenvalue weighted by Crippen LogP contribution is 2.23. The number of aliphatic hydroxyl groups excluding tert-OH is 1. The van der Waals surface area contributed by atoms with Gasteiger partial charge in [-0.25, -0.2) is 0 Å². The molecule has 3 heteroatoms. The molecule has 0 spiro atoms. The van der Waals surface area contributed by atoms with Gasteiger partial charge in [-0.15, -0.1) is 9.24 Å². The summed E-state index contributed by atoms with van der Waals surface area (Å²) in [5.41, 5.74) is 0.955. The largest absolute Gasteiger partial charge is 0.386 e. The van der Waals surface area contributed by atoms with Crippen molar-refractivity contribution in [3.63, 3.8) is 0 Å². The number of rotatable bonds is 3. The van der Waals surface area contributed by atoms with Gasteiger partial charge in [-0.05, 0) is 19.7 Å². The molecule has 0 aliphatic rings. The fourth-order valence-electron chi connectivity index (χ4n) is 1.13. The number of benzene rings is 1. The summed E-state index contributed by atoms with van der Waals surface area (Å²) >= 11 is 0. The van der Waals surface area contributed by atoms with Crippen LogP contribution in [0.2, 0.25) is 0 Å². The molecule has 0 saturated heterocycles.